The minimum absolute atomic E-state index is 0.139. The van der Waals surface area contributed by atoms with Gasteiger partial charge in [0.25, 0.3) is 0 Å². The van der Waals surface area contributed by atoms with E-state index in [4.69, 9.17) is 0 Å². The molecule has 2 aromatic carbocycles. The number of nitrogens with one attached hydrogen (secondary N) is 2. The van der Waals surface area contributed by atoms with E-state index < -0.39 is 35.6 Å². The predicted octanol–water partition coefficient (Wildman–Crippen LogP) is 4.40. The number of halogens is 3. The Balaban J connectivity index is 1.78. The summed E-state index contributed by atoms with van der Waals surface area (Å²) in [6, 6.07) is 14.6. The molecule has 9 heteroatoms. The Kier molecular flexibility index (Phi) is 6.36. The minimum Gasteiger partial charge on any atom is -0.348 e. The van der Waals surface area contributed by atoms with Gasteiger partial charge in [-0.1, -0.05) is 48.5 Å². The zero-order valence-electron chi connectivity index (χ0n) is 15.5. The van der Waals surface area contributed by atoms with Crippen LogP contribution in [0, 0.1) is 0 Å². The van der Waals surface area contributed by atoms with Crippen molar-refractivity contribution in [2.75, 3.05) is 11.1 Å². The number of carbonyl (C=O) groups excluding carboxylic acids is 2. The number of para-hydroxylation sites is 1. The third-order valence-electron chi connectivity index (χ3n) is 4.50. The summed E-state index contributed by atoms with van der Waals surface area (Å²) < 4.78 is 40.5. The molecule has 3 rings (SSSR count). The van der Waals surface area contributed by atoms with Gasteiger partial charge in [0.15, 0.2) is 5.37 Å². The van der Waals surface area contributed by atoms with Gasteiger partial charge in [-0.3, -0.25) is 9.69 Å². The summed E-state index contributed by atoms with van der Waals surface area (Å²) in [7, 11) is 0. The first-order chi connectivity index (χ1) is 13.8. The number of carbonyl (C=O) groups is 2. The Labute approximate surface area is 170 Å². The maximum absolute atomic E-state index is 13.5. The van der Waals surface area contributed by atoms with Crippen molar-refractivity contribution >= 4 is 29.4 Å². The maximum Gasteiger partial charge on any atom is 0.418 e. The van der Waals surface area contributed by atoms with Gasteiger partial charge < -0.3 is 10.6 Å². The molecule has 0 spiro atoms. The summed E-state index contributed by atoms with van der Waals surface area (Å²) in [6.07, 6.45) is -4.65. The highest BCUT2D eigenvalue weighted by Gasteiger charge is 2.54. The lowest BCUT2D eigenvalue weighted by molar-refractivity contribution is -0.154. The fourth-order valence-electron chi connectivity index (χ4n) is 3.05. The van der Waals surface area contributed by atoms with E-state index in [1.807, 2.05) is 30.3 Å². The van der Waals surface area contributed by atoms with Crippen LogP contribution in [0.2, 0.25) is 0 Å². The molecule has 2 aromatic rings. The van der Waals surface area contributed by atoms with Crippen LogP contribution in [0.3, 0.4) is 0 Å². The summed E-state index contributed by atoms with van der Waals surface area (Å²) in [5.41, 5.74) is 1.17. The van der Waals surface area contributed by atoms with Crippen LogP contribution in [0.25, 0.3) is 0 Å². The van der Waals surface area contributed by atoms with Gasteiger partial charge in [-0.2, -0.15) is 13.2 Å². The molecule has 1 fully saturated rings. The number of benzene rings is 2. The highest BCUT2D eigenvalue weighted by molar-refractivity contribution is 8.00. The quantitative estimate of drug-likeness (QED) is 0.766. The second kappa shape index (κ2) is 8.77. The molecule has 2 N–H and O–H groups in total. The van der Waals surface area contributed by atoms with Crippen LogP contribution in [0.15, 0.2) is 60.7 Å². The summed E-state index contributed by atoms with van der Waals surface area (Å²) in [5, 5.41) is 3.08. The van der Waals surface area contributed by atoms with Gasteiger partial charge in [0.05, 0.1) is 6.04 Å². The third kappa shape index (κ3) is 5.03. The molecule has 154 valence electrons. The number of thioether (sulfide) groups is 1. The molecule has 0 aliphatic carbocycles. The normalized spacial score (nSPS) is 20.2. The molecule has 1 saturated heterocycles. The van der Waals surface area contributed by atoms with Crippen molar-refractivity contribution in [2.45, 2.75) is 30.6 Å². The molecule has 3 amide bonds. The van der Waals surface area contributed by atoms with Crippen LogP contribution in [-0.4, -0.2) is 40.2 Å². The number of alkyl halides is 3. The number of rotatable bonds is 4. The standard InChI is InChI=1S/C20H20F3N3O2S/c1-13(14-8-4-2-5-9-14)24-17(27)16-12-29-18(20(21,22)23)26(16)19(28)25-15-10-6-3-7-11-15/h2-11,13,16,18H,12H2,1H3,(H,24,27)(H,25,28)/t13-,16-,18-/m0/s1. The molecule has 0 radical (unpaired) electrons. The number of hydrogen-bond acceptors (Lipinski definition) is 3. The van der Waals surface area contributed by atoms with Gasteiger partial charge in [-0.05, 0) is 24.6 Å². The molecule has 1 aliphatic rings. The highest BCUT2D eigenvalue weighted by atomic mass is 32.2. The van der Waals surface area contributed by atoms with E-state index in [0.717, 1.165) is 5.56 Å². The van der Waals surface area contributed by atoms with Crippen molar-refractivity contribution in [1.82, 2.24) is 10.2 Å². The predicted molar refractivity (Wildman–Crippen MR) is 106 cm³/mol. The summed E-state index contributed by atoms with van der Waals surface area (Å²) in [6.45, 7) is 1.74. The lowest BCUT2D eigenvalue weighted by Crippen LogP contribution is -2.54. The van der Waals surface area contributed by atoms with Crippen LogP contribution in [0.4, 0.5) is 23.7 Å². The number of amides is 3. The van der Waals surface area contributed by atoms with Gasteiger partial charge in [0, 0.05) is 11.4 Å². The first-order valence-corrected chi connectivity index (χ1v) is 10.00. The Morgan fingerprint density at radius 3 is 2.24 bits per heavy atom. The topological polar surface area (TPSA) is 61.4 Å². The molecule has 1 heterocycles. The average Bonchev–Trinajstić information content (AvgIpc) is 3.15. The van der Waals surface area contributed by atoms with E-state index in [1.165, 1.54) is 0 Å². The van der Waals surface area contributed by atoms with Gasteiger partial charge in [0.1, 0.15) is 6.04 Å². The van der Waals surface area contributed by atoms with E-state index in [9.17, 15) is 22.8 Å². The van der Waals surface area contributed by atoms with E-state index in [2.05, 4.69) is 10.6 Å². The van der Waals surface area contributed by atoms with E-state index in [0.29, 0.717) is 22.3 Å². The Hall–Kier alpha value is -2.68. The minimum atomic E-state index is -4.65. The maximum atomic E-state index is 13.5. The molecule has 0 bridgehead atoms. The number of nitrogens with zero attached hydrogens (tertiary/aromatic N) is 1. The van der Waals surface area contributed by atoms with Crippen molar-refractivity contribution in [3.63, 3.8) is 0 Å². The van der Waals surface area contributed by atoms with Gasteiger partial charge >= 0.3 is 12.2 Å². The third-order valence-corrected chi connectivity index (χ3v) is 5.82. The molecule has 0 aromatic heterocycles. The van der Waals surface area contributed by atoms with Crippen LogP contribution >= 0.6 is 11.8 Å². The summed E-state index contributed by atoms with van der Waals surface area (Å²) in [4.78, 5) is 26.0. The number of urea groups is 1. The first-order valence-electron chi connectivity index (χ1n) is 8.95. The van der Waals surface area contributed by atoms with Gasteiger partial charge in [-0.25, -0.2) is 4.79 Å². The Morgan fingerprint density at radius 2 is 1.66 bits per heavy atom. The monoisotopic (exact) mass is 423 g/mol. The lowest BCUT2D eigenvalue weighted by Gasteiger charge is -2.30. The van der Waals surface area contributed by atoms with Crippen molar-refractivity contribution in [3.8, 4) is 0 Å². The van der Waals surface area contributed by atoms with E-state index >= 15 is 0 Å². The largest absolute Gasteiger partial charge is 0.418 e. The molecular formula is C20H20F3N3O2S. The van der Waals surface area contributed by atoms with Crippen molar-refractivity contribution in [3.05, 3.63) is 66.2 Å². The zero-order valence-corrected chi connectivity index (χ0v) is 16.3. The number of anilines is 1. The molecule has 1 aliphatic heterocycles. The molecular weight excluding hydrogens is 403 g/mol. The van der Waals surface area contributed by atoms with E-state index in [1.54, 1.807) is 37.3 Å². The smallest absolute Gasteiger partial charge is 0.348 e. The zero-order chi connectivity index (χ0) is 21.0. The second-order valence-corrected chi connectivity index (χ2v) is 7.70. The molecule has 29 heavy (non-hydrogen) atoms. The van der Waals surface area contributed by atoms with Crippen molar-refractivity contribution in [2.24, 2.45) is 0 Å². The Morgan fingerprint density at radius 1 is 1.07 bits per heavy atom. The molecule has 5 nitrogen and oxygen atoms in total. The fourth-order valence-corrected chi connectivity index (χ4v) is 4.32. The first kappa shape index (κ1) is 21.0. The summed E-state index contributed by atoms with van der Waals surface area (Å²) in [5.74, 6) is -0.761. The lowest BCUT2D eigenvalue weighted by atomic mass is 10.1. The van der Waals surface area contributed by atoms with Crippen molar-refractivity contribution in [1.29, 1.82) is 0 Å². The van der Waals surface area contributed by atoms with Crippen molar-refractivity contribution < 1.29 is 22.8 Å². The SMILES string of the molecule is C[C@H](NC(=O)[C@@H]1CS[C@@H](C(F)(F)F)N1C(=O)Nc1ccccc1)c1ccccc1. The summed E-state index contributed by atoms with van der Waals surface area (Å²) >= 11 is 0.535. The average molecular weight is 423 g/mol. The fraction of sp³-hybridized carbons (Fsp3) is 0.300. The van der Waals surface area contributed by atoms with Gasteiger partial charge in [0.2, 0.25) is 5.91 Å². The Bertz CT molecular complexity index is 849. The van der Waals surface area contributed by atoms with Crippen LogP contribution in [0.5, 0.6) is 0 Å². The molecule has 0 unspecified atom stereocenters. The van der Waals surface area contributed by atoms with Crippen LogP contribution in [0.1, 0.15) is 18.5 Å². The van der Waals surface area contributed by atoms with Crippen LogP contribution in [-0.2, 0) is 4.79 Å². The van der Waals surface area contributed by atoms with Gasteiger partial charge in [-0.15, -0.1) is 11.8 Å². The second-order valence-electron chi connectivity index (χ2n) is 6.59. The highest BCUT2D eigenvalue weighted by Crippen LogP contribution is 2.40. The van der Waals surface area contributed by atoms with Crippen LogP contribution < -0.4 is 10.6 Å². The molecule has 3 atom stereocenters. The number of hydrogen-bond donors (Lipinski definition) is 2. The van der Waals surface area contributed by atoms with E-state index in [-0.39, 0.29) is 5.75 Å². The molecule has 0 saturated carbocycles.